The summed E-state index contributed by atoms with van der Waals surface area (Å²) in [6, 6.07) is 7.67. The minimum Gasteiger partial charge on any atom is -0.480 e. The van der Waals surface area contributed by atoms with Gasteiger partial charge in [-0.2, -0.15) is 0 Å². The molecule has 1 fully saturated rings. The van der Waals surface area contributed by atoms with E-state index in [4.69, 9.17) is 5.11 Å². The number of carbonyl (C=O) groups is 2. The van der Waals surface area contributed by atoms with Gasteiger partial charge in [0.2, 0.25) is 5.91 Å². The summed E-state index contributed by atoms with van der Waals surface area (Å²) in [5, 5.41) is 11.9. The number of benzene rings is 1. The maximum Gasteiger partial charge on any atom is 0.329 e. The molecule has 1 aromatic heterocycles. The SMILES string of the molecule is CCN(CC(=O)O)C1CC(NC(=O)Cn2c(=O)n(CC)c3ccccc32)C1. The van der Waals surface area contributed by atoms with Crippen LogP contribution in [0.15, 0.2) is 29.1 Å². The molecule has 27 heavy (non-hydrogen) atoms. The molecule has 1 heterocycles. The number of hydrogen-bond donors (Lipinski definition) is 2. The number of carbonyl (C=O) groups excluding carboxylic acids is 1. The van der Waals surface area contributed by atoms with Crippen LogP contribution in [0, 0.1) is 0 Å². The zero-order valence-electron chi connectivity index (χ0n) is 15.7. The van der Waals surface area contributed by atoms with Crippen molar-refractivity contribution in [1.82, 2.24) is 19.4 Å². The van der Waals surface area contributed by atoms with Crippen LogP contribution in [0.2, 0.25) is 0 Å². The van der Waals surface area contributed by atoms with Gasteiger partial charge >= 0.3 is 11.7 Å². The number of para-hydroxylation sites is 2. The molecule has 146 valence electrons. The average Bonchev–Trinajstić information content (AvgIpc) is 2.87. The van der Waals surface area contributed by atoms with Crippen LogP contribution in [-0.4, -0.2) is 56.2 Å². The lowest BCUT2D eigenvalue weighted by Crippen LogP contribution is -2.55. The van der Waals surface area contributed by atoms with Crippen LogP contribution in [0.25, 0.3) is 11.0 Å². The van der Waals surface area contributed by atoms with E-state index in [2.05, 4.69) is 5.32 Å². The minimum absolute atomic E-state index is 0.0138. The average molecular weight is 374 g/mol. The molecular formula is C19H26N4O4. The Labute approximate surface area is 157 Å². The maximum atomic E-state index is 12.6. The number of likely N-dealkylation sites (N-methyl/N-ethyl adjacent to an activating group) is 1. The third-order valence-corrected chi connectivity index (χ3v) is 5.28. The summed E-state index contributed by atoms with van der Waals surface area (Å²) < 4.78 is 3.17. The van der Waals surface area contributed by atoms with E-state index in [1.165, 1.54) is 4.57 Å². The van der Waals surface area contributed by atoms with E-state index in [0.29, 0.717) is 13.1 Å². The summed E-state index contributed by atoms with van der Waals surface area (Å²) in [6.07, 6.45) is 1.47. The molecule has 2 aromatic rings. The van der Waals surface area contributed by atoms with Crippen LogP contribution in [0.3, 0.4) is 0 Å². The third-order valence-electron chi connectivity index (χ3n) is 5.28. The lowest BCUT2D eigenvalue weighted by Gasteiger charge is -2.42. The van der Waals surface area contributed by atoms with E-state index in [9.17, 15) is 14.4 Å². The maximum absolute atomic E-state index is 12.6. The van der Waals surface area contributed by atoms with Gasteiger partial charge in [-0.1, -0.05) is 19.1 Å². The Kier molecular flexibility index (Phi) is 5.65. The highest BCUT2D eigenvalue weighted by molar-refractivity contribution is 5.81. The second-order valence-corrected chi connectivity index (χ2v) is 6.95. The van der Waals surface area contributed by atoms with Gasteiger partial charge in [-0.05, 0) is 38.4 Å². The highest BCUT2D eigenvalue weighted by Gasteiger charge is 2.34. The number of aliphatic carboxylic acids is 1. The molecular weight excluding hydrogens is 348 g/mol. The fourth-order valence-electron chi connectivity index (χ4n) is 3.82. The van der Waals surface area contributed by atoms with Crippen LogP contribution in [0.5, 0.6) is 0 Å². The van der Waals surface area contributed by atoms with E-state index in [-0.39, 0.29) is 36.8 Å². The molecule has 0 saturated heterocycles. The van der Waals surface area contributed by atoms with Crippen molar-refractivity contribution in [2.75, 3.05) is 13.1 Å². The number of carboxylic acid groups (broad SMARTS) is 1. The van der Waals surface area contributed by atoms with Gasteiger partial charge in [-0.15, -0.1) is 0 Å². The lowest BCUT2D eigenvalue weighted by atomic mass is 9.85. The molecule has 1 saturated carbocycles. The van der Waals surface area contributed by atoms with Gasteiger partial charge in [0.1, 0.15) is 6.54 Å². The summed E-state index contributed by atoms with van der Waals surface area (Å²) in [6.45, 7) is 5.07. The van der Waals surface area contributed by atoms with Gasteiger partial charge in [0.05, 0.1) is 17.6 Å². The predicted molar refractivity (Wildman–Crippen MR) is 102 cm³/mol. The Morgan fingerprint density at radius 1 is 1.19 bits per heavy atom. The molecule has 1 aliphatic carbocycles. The van der Waals surface area contributed by atoms with E-state index >= 15 is 0 Å². The number of amides is 1. The van der Waals surface area contributed by atoms with Crippen molar-refractivity contribution in [2.45, 2.75) is 51.9 Å². The van der Waals surface area contributed by atoms with E-state index in [1.54, 1.807) is 4.57 Å². The van der Waals surface area contributed by atoms with Crippen LogP contribution in [-0.2, 0) is 22.7 Å². The Morgan fingerprint density at radius 3 is 2.37 bits per heavy atom. The number of hydrogen-bond acceptors (Lipinski definition) is 4. The lowest BCUT2D eigenvalue weighted by molar-refractivity contribution is -0.139. The monoisotopic (exact) mass is 374 g/mol. The highest BCUT2D eigenvalue weighted by atomic mass is 16.4. The van der Waals surface area contributed by atoms with Crippen molar-refractivity contribution >= 4 is 22.9 Å². The molecule has 1 aromatic carbocycles. The van der Waals surface area contributed by atoms with E-state index < -0.39 is 5.97 Å². The number of rotatable bonds is 8. The Bertz CT molecular complexity index is 895. The first-order valence-corrected chi connectivity index (χ1v) is 9.37. The first-order valence-electron chi connectivity index (χ1n) is 9.37. The number of nitrogens with zero attached hydrogens (tertiary/aromatic N) is 3. The molecule has 8 heteroatoms. The van der Waals surface area contributed by atoms with E-state index in [1.807, 2.05) is 43.0 Å². The fourth-order valence-corrected chi connectivity index (χ4v) is 3.82. The van der Waals surface area contributed by atoms with Crippen LogP contribution in [0.1, 0.15) is 26.7 Å². The van der Waals surface area contributed by atoms with Crippen LogP contribution < -0.4 is 11.0 Å². The topological polar surface area (TPSA) is 96.6 Å². The van der Waals surface area contributed by atoms with Gasteiger partial charge in [0.15, 0.2) is 0 Å². The van der Waals surface area contributed by atoms with Crippen molar-refractivity contribution in [1.29, 1.82) is 0 Å². The first-order chi connectivity index (χ1) is 12.9. The van der Waals surface area contributed by atoms with Gasteiger partial charge in [-0.25, -0.2) is 4.79 Å². The number of nitrogens with one attached hydrogen (secondary N) is 1. The predicted octanol–water partition coefficient (Wildman–Crippen LogP) is 0.877. The summed E-state index contributed by atoms with van der Waals surface area (Å²) in [7, 11) is 0. The number of fused-ring (bicyclic) bond motifs is 1. The van der Waals surface area contributed by atoms with Gasteiger partial charge < -0.3 is 10.4 Å². The second kappa shape index (κ2) is 7.96. The summed E-state index contributed by atoms with van der Waals surface area (Å²) in [5.74, 6) is -1.03. The fraction of sp³-hybridized carbons (Fsp3) is 0.526. The zero-order valence-corrected chi connectivity index (χ0v) is 15.7. The summed E-state index contributed by atoms with van der Waals surface area (Å²) >= 11 is 0. The van der Waals surface area contributed by atoms with Gasteiger partial charge in [0.25, 0.3) is 0 Å². The number of carboxylic acids is 1. The smallest absolute Gasteiger partial charge is 0.329 e. The second-order valence-electron chi connectivity index (χ2n) is 6.95. The Hall–Kier alpha value is -2.61. The molecule has 0 aliphatic heterocycles. The van der Waals surface area contributed by atoms with Crippen LogP contribution >= 0.6 is 0 Å². The van der Waals surface area contributed by atoms with Crippen molar-refractivity contribution < 1.29 is 14.7 Å². The molecule has 0 spiro atoms. The van der Waals surface area contributed by atoms with E-state index in [0.717, 1.165) is 23.9 Å². The molecule has 0 bridgehead atoms. The third kappa shape index (κ3) is 3.90. The summed E-state index contributed by atoms with van der Waals surface area (Å²) in [5.41, 5.74) is 1.40. The zero-order chi connectivity index (χ0) is 19.6. The summed E-state index contributed by atoms with van der Waals surface area (Å²) in [4.78, 5) is 37.8. The molecule has 3 rings (SSSR count). The van der Waals surface area contributed by atoms with Crippen molar-refractivity contribution in [2.24, 2.45) is 0 Å². The molecule has 2 N–H and O–H groups in total. The minimum atomic E-state index is -0.837. The normalized spacial score (nSPS) is 19.2. The first kappa shape index (κ1) is 19.2. The Balaban J connectivity index is 1.62. The van der Waals surface area contributed by atoms with Crippen molar-refractivity contribution in [3.05, 3.63) is 34.7 Å². The highest BCUT2D eigenvalue weighted by Crippen LogP contribution is 2.25. The van der Waals surface area contributed by atoms with Crippen LogP contribution in [0.4, 0.5) is 0 Å². The number of imidazole rings is 1. The number of aromatic nitrogens is 2. The molecule has 8 nitrogen and oxygen atoms in total. The van der Waals surface area contributed by atoms with Crippen molar-refractivity contribution in [3.63, 3.8) is 0 Å². The van der Waals surface area contributed by atoms with Gasteiger partial charge in [-0.3, -0.25) is 23.6 Å². The van der Waals surface area contributed by atoms with Crippen molar-refractivity contribution in [3.8, 4) is 0 Å². The number of aryl methyl sites for hydroxylation is 1. The van der Waals surface area contributed by atoms with Gasteiger partial charge in [0, 0.05) is 18.6 Å². The standard InChI is InChI=1S/C19H26N4O4/c1-3-21(12-18(25)26)14-9-13(10-14)20-17(24)11-23-16-8-6-5-7-15(16)22(4-2)19(23)27/h5-8,13-14H,3-4,9-12H2,1-2H3,(H,20,24)(H,25,26). The quantitative estimate of drug-likeness (QED) is 0.715. The molecule has 1 amide bonds. The molecule has 1 aliphatic rings. The molecule has 0 unspecified atom stereocenters. The molecule has 0 radical (unpaired) electrons. The largest absolute Gasteiger partial charge is 0.480 e. The Morgan fingerprint density at radius 2 is 1.81 bits per heavy atom. The molecule has 0 atom stereocenters.